The number of nitrogens with two attached hydrogens (primary N) is 1. The summed E-state index contributed by atoms with van der Waals surface area (Å²) >= 11 is 0. The fourth-order valence-electron chi connectivity index (χ4n) is 3.48. The Balaban J connectivity index is 1.77. The second kappa shape index (κ2) is 8.23. The fourth-order valence-corrected chi connectivity index (χ4v) is 3.48. The number of nitrogen functional groups attached to an aromatic ring is 1. The molecular formula is C25H34N2O3. The number of ether oxygens (including phenoxy) is 1. The van der Waals surface area contributed by atoms with E-state index >= 15 is 0 Å². The Labute approximate surface area is 179 Å². The summed E-state index contributed by atoms with van der Waals surface area (Å²) < 4.78 is 5.78. The molecule has 30 heavy (non-hydrogen) atoms. The number of nitrogens with one attached hydrogen (secondary N) is 1. The summed E-state index contributed by atoms with van der Waals surface area (Å²) in [5, 5.41) is 10.9. The highest BCUT2D eigenvalue weighted by atomic mass is 16.7. The minimum Gasteiger partial charge on any atom is -0.507 e. The maximum absolute atomic E-state index is 10.9. The molecule has 0 spiro atoms. The number of anilines is 1. The minimum atomic E-state index is -0.174. The van der Waals surface area contributed by atoms with Gasteiger partial charge in [-0.05, 0) is 53.3 Å². The van der Waals surface area contributed by atoms with Crippen molar-refractivity contribution in [3.05, 3.63) is 59.2 Å². The third kappa shape index (κ3) is 5.08. The van der Waals surface area contributed by atoms with Gasteiger partial charge >= 0.3 is 0 Å². The van der Waals surface area contributed by atoms with Crippen LogP contribution < -0.4 is 16.0 Å². The van der Waals surface area contributed by atoms with E-state index in [0.717, 1.165) is 40.2 Å². The Hall–Kier alpha value is -2.66. The minimum absolute atomic E-state index is 0.0845. The number of rotatable bonds is 5. The summed E-state index contributed by atoms with van der Waals surface area (Å²) in [5.74, 6) is 1.18. The number of hydrogen-bond donors (Lipinski definition) is 3. The average Bonchev–Trinajstić information content (AvgIpc) is 3.10. The molecule has 2 aromatic carbocycles. The zero-order valence-electron chi connectivity index (χ0n) is 18.9. The molecule has 4 N–H and O–H groups in total. The number of phenolic OH excluding ortho intramolecular Hbond substituents is 1. The van der Waals surface area contributed by atoms with E-state index in [1.54, 1.807) is 0 Å². The van der Waals surface area contributed by atoms with Crippen molar-refractivity contribution < 1.29 is 14.7 Å². The lowest BCUT2D eigenvalue weighted by Crippen LogP contribution is -2.19. The van der Waals surface area contributed by atoms with Crippen LogP contribution in [0.5, 0.6) is 11.5 Å². The molecule has 162 valence electrons. The lowest BCUT2D eigenvalue weighted by molar-refractivity contribution is 0.0389. The van der Waals surface area contributed by atoms with Crippen molar-refractivity contribution in [1.82, 2.24) is 5.48 Å². The molecule has 2 aromatic rings. The molecule has 1 aliphatic rings. The molecule has 5 nitrogen and oxygen atoms in total. The monoisotopic (exact) mass is 410 g/mol. The van der Waals surface area contributed by atoms with Gasteiger partial charge in [0.2, 0.25) is 0 Å². The number of aromatic hydroxyl groups is 1. The molecule has 0 aliphatic carbocycles. The fraction of sp³-hybridized carbons (Fsp3) is 0.440. The first kappa shape index (κ1) is 22.0. The van der Waals surface area contributed by atoms with Gasteiger partial charge in [-0.1, -0.05) is 41.5 Å². The highest BCUT2D eigenvalue weighted by molar-refractivity contribution is 5.69. The Morgan fingerprint density at radius 2 is 1.57 bits per heavy atom. The van der Waals surface area contributed by atoms with E-state index in [1.165, 1.54) is 0 Å². The van der Waals surface area contributed by atoms with Gasteiger partial charge in [0, 0.05) is 28.8 Å². The largest absolute Gasteiger partial charge is 0.507 e. The molecule has 1 unspecified atom stereocenters. The average molecular weight is 411 g/mol. The molecule has 1 atom stereocenters. The zero-order chi connectivity index (χ0) is 22.1. The molecule has 3 rings (SSSR count). The van der Waals surface area contributed by atoms with Gasteiger partial charge in [0.1, 0.15) is 17.6 Å². The van der Waals surface area contributed by atoms with Crippen LogP contribution in [-0.2, 0) is 15.7 Å². The Kier molecular flexibility index (Phi) is 6.04. The van der Waals surface area contributed by atoms with Crippen LogP contribution in [0.3, 0.4) is 0 Å². The highest BCUT2D eigenvalue weighted by Gasteiger charge is 2.28. The second-order valence-corrected chi connectivity index (χ2v) is 9.96. The summed E-state index contributed by atoms with van der Waals surface area (Å²) in [6.07, 6.45) is 2.72. The number of phenols is 1. The highest BCUT2D eigenvalue weighted by Crippen LogP contribution is 2.41. The van der Waals surface area contributed by atoms with Crippen LogP contribution in [-0.4, -0.2) is 17.8 Å². The quantitative estimate of drug-likeness (QED) is 0.585. The molecular weight excluding hydrogens is 376 g/mol. The topological polar surface area (TPSA) is 76.7 Å². The van der Waals surface area contributed by atoms with E-state index in [9.17, 15) is 5.11 Å². The van der Waals surface area contributed by atoms with Crippen molar-refractivity contribution in [3.63, 3.8) is 0 Å². The molecule has 0 bridgehead atoms. The molecule has 1 heterocycles. The van der Waals surface area contributed by atoms with E-state index < -0.39 is 0 Å². The molecule has 0 radical (unpaired) electrons. The van der Waals surface area contributed by atoms with Crippen molar-refractivity contribution in [2.24, 2.45) is 0 Å². The van der Waals surface area contributed by atoms with Crippen LogP contribution in [0.1, 0.15) is 64.7 Å². The maximum Gasteiger partial charge on any atom is 0.123 e. The summed E-state index contributed by atoms with van der Waals surface area (Å²) in [6.45, 7) is 13.2. The standard InChI is InChI=1S/C25H34N2O3/c1-24(2,3)20-13-16(14-21(23(20)28)25(4,5)6)22-15-19(30-27-22)11-12-29-18-9-7-17(26)8-10-18/h7-10,13-15,19,27-28H,11-12,26H2,1-6H3. The van der Waals surface area contributed by atoms with E-state index in [-0.39, 0.29) is 16.9 Å². The third-order valence-electron chi connectivity index (χ3n) is 5.26. The van der Waals surface area contributed by atoms with Gasteiger partial charge in [-0.15, -0.1) is 0 Å². The maximum atomic E-state index is 10.9. The van der Waals surface area contributed by atoms with Gasteiger partial charge in [0.25, 0.3) is 0 Å². The van der Waals surface area contributed by atoms with Gasteiger partial charge in [0.05, 0.1) is 12.3 Å². The second-order valence-electron chi connectivity index (χ2n) is 9.96. The molecule has 5 heteroatoms. The van der Waals surface area contributed by atoms with Crippen molar-refractivity contribution in [2.45, 2.75) is 64.9 Å². The van der Waals surface area contributed by atoms with Gasteiger partial charge in [0.15, 0.2) is 0 Å². The first-order valence-electron chi connectivity index (χ1n) is 10.5. The van der Waals surface area contributed by atoms with Gasteiger partial charge in [-0.2, -0.15) is 0 Å². The van der Waals surface area contributed by atoms with Crippen LogP contribution in [0.2, 0.25) is 0 Å². The van der Waals surface area contributed by atoms with Crippen LogP contribution in [0.4, 0.5) is 5.69 Å². The van der Waals surface area contributed by atoms with Crippen LogP contribution in [0, 0.1) is 0 Å². The first-order chi connectivity index (χ1) is 13.9. The van der Waals surface area contributed by atoms with Crippen LogP contribution in [0.25, 0.3) is 5.70 Å². The Bertz CT molecular complexity index is 884. The zero-order valence-corrected chi connectivity index (χ0v) is 18.9. The van der Waals surface area contributed by atoms with Crippen molar-refractivity contribution in [2.75, 3.05) is 12.3 Å². The molecule has 0 saturated heterocycles. The molecule has 0 aromatic heterocycles. The van der Waals surface area contributed by atoms with Gasteiger partial charge in [-0.25, -0.2) is 0 Å². The number of hydrogen-bond acceptors (Lipinski definition) is 5. The normalized spacial score (nSPS) is 16.9. The van der Waals surface area contributed by atoms with E-state index in [4.69, 9.17) is 15.3 Å². The van der Waals surface area contributed by atoms with Crippen molar-refractivity contribution >= 4 is 11.4 Å². The van der Waals surface area contributed by atoms with Crippen LogP contribution >= 0.6 is 0 Å². The summed E-state index contributed by atoms with van der Waals surface area (Å²) in [6, 6.07) is 11.5. The third-order valence-corrected chi connectivity index (χ3v) is 5.26. The van der Waals surface area contributed by atoms with Gasteiger partial charge < -0.3 is 15.6 Å². The summed E-state index contributed by atoms with van der Waals surface area (Å²) in [4.78, 5) is 5.75. The van der Waals surface area contributed by atoms with Crippen LogP contribution in [0.15, 0.2) is 42.5 Å². The predicted molar refractivity (Wildman–Crippen MR) is 122 cm³/mol. The predicted octanol–water partition coefficient (Wildman–Crippen LogP) is 5.28. The number of benzene rings is 2. The first-order valence-corrected chi connectivity index (χ1v) is 10.5. The smallest absolute Gasteiger partial charge is 0.123 e. The summed E-state index contributed by atoms with van der Waals surface area (Å²) in [7, 11) is 0. The molecule has 1 aliphatic heterocycles. The molecule has 0 fully saturated rings. The molecule has 0 saturated carbocycles. The van der Waals surface area contributed by atoms with E-state index in [0.29, 0.717) is 12.4 Å². The lowest BCUT2D eigenvalue weighted by Gasteiger charge is -2.28. The van der Waals surface area contributed by atoms with E-state index in [1.807, 2.05) is 24.3 Å². The molecule has 0 amide bonds. The summed E-state index contributed by atoms with van der Waals surface area (Å²) in [5.41, 5.74) is 12.9. The number of hydroxylamine groups is 1. The SMILES string of the molecule is CC(C)(C)c1cc(C2=CC(CCOc3ccc(N)cc3)ON2)cc(C(C)(C)C)c1O. The van der Waals surface area contributed by atoms with Gasteiger partial charge in [-0.3, -0.25) is 10.3 Å². The van der Waals surface area contributed by atoms with Crippen molar-refractivity contribution in [3.8, 4) is 11.5 Å². The Morgan fingerprint density at radius 1 is 1.00 bits per heavy atom. The lowest BCUT2D eigenvalue weighted by atomic mass is 9.78. The van der Waals surface area contributed by atoms with Crippen molar-refractivity contribution in [1.29, 1.82) is 0 Å². The Morgan fingerprint density at radius 3 is 2.10 bits per heavy atom. The van der Waals surface area contributed by atoms with E-state index in [2.05, 4.69) is 65.2 Å².